The van der Waals surface area contributed by atoms with Gasteiger partial charge in [-0.15, -0.1) is 0 Å². The lowest BCUT2D eigenvalue weighted by Crippen LogP contribution is -2.46. The van der Waals surface area contributed by atoms with Crippen molar-refractivity contribution in [3.8, 4) is 5.75 Å². The van der Waals surface area contributed by atoms with E-state index in [0.29, 0.717) is 18.7 Å². The minimum absolute atomic E-state index is 0.0386. The number of aryl methyl sites for hydroxylation is 2. The molecule has 0 aliphatic carbocycles. The lowest BCUT2D eigenvalue weighted by atomic mass is 10.1. The summed E-state index contributed by atoms with van der Waals surface area (Å²) in [5, 5.41) is 0. The van der Waals surface area contributed by atoms with Gasteiger partial charge in [-0.3, -0.25) is 4.79 Å². The van der Waals surface area contributed by atoms with Crippen LogP contribution in [0.25, 0.3) is 0 Å². The Bertz CT molecular complexity index is 804. The van der Waals surface area contributed by atoms with E-state index < -0.39 is 21.9 Å². The summed E-state index contributed by atoms with van der Waals surface area (Å²) >= 11 is 0. The molecule has 1 aliphatic rings. The Balaban J connectivity index is 1.89. The summed E-state index contributed by atoms with van der Waals surface area (Å²) in [6, 6.07) is 5.25. The number of benzene rings is 1. The molecule has 0 spiro atoms. The fraction of sp³-hybridized carbons (Fsp3) is 0.579. The summed E-state index contributed by atoms with van der Waals surface area (Å²) in [5.74, 6) is -0.407. The number of rotatable bonds is 7. The lowest BCUT2D eigenvalue weighted by Gasteiger charge is -2.29. The molecule has 7 nitrogen and oxygen atoms in total. The fourth-order valence-electron chi connectivity index (χ4n) is 3.23. The molecular weight excluding hydrogens is 370 g/mol. The molecule has 1 aromatic carbocycles. The topological polar surface area (TPSA) is 90.0 Å². The maximum absolute atomic E-state index is 12.6. The van der Waals surface area contributed by atoms with Gasteiger partial charge in [-0.2, -0.15) is 0 Å². The fourth-order valence-corrected chi connectivity index (χ4v) is 4.96. The largest absolute Gasteiger partial charge is 0.482 e. The first-order valence-electron chi connectivity index (χ1n) is 9.03. The smallest absolute Gasteiger partial charge is 0.344 e. The molecule has 150 valence electrons. The number of esters is 1. The van der Waals surface area contributed by atoms with Crippen LogP contribution in [0.2, 0.25) is 0 Å². The minimum Gasteiger partial charge on any atom is -0.482 e. The number of nitrogens with zero attached hydrogens (tertiary/aromatic N) is 1. The molecule has 2 atom stereocenters. The van der Waals surface area contributed by atoms with Gasteiger partial charge in [-0.05, 0) is 45.7 Å². The monoisotopic (exact) mass is 397 g/mol. The average molecular weight is 397 g/mol. The summed E-state index contributed by atoms with van der Waals surface area (Å²) in [4.78, 5) is 26.1. The van der Waals surface area contributed by atoms with Gasteiger partial charge < -0.3 is 14.4 Å². The highest BCUT2D eigenvalue weighted by atomic mass is 32.2. The normalized spacial score (nSPS) is 19.3. The van der Waals surface area contributed by atoms with Crippen molar-refractivity contribution in [2.75, 3.05) is 24.7 Å². The first kappa shape index (κ1) is 21.2. The molecule has 1 aliphatic heterocycles. The van der Waals surface area contributed by atoms with Crippen LogP contribution in [0.4, 0.5) is 0 Å². The number of carbonyl (C=O) groups excluding carboxylic acids is 2. The Morgan fingerprint density at radius 1 is 1.30 bits per heavy atom. The van der Waals surface area contributed by atoms with Gasteiger partial charge in [-0.25, -0.2) is 13.2 Å². The summed E-state index contributed by atoms with van der Waals surface area (Å²) in [5.41, 5.74) is 2.00. The summed E-state index contributed by atoms with van der Waals surface area (Å²) in [6.45, 7) is 7.18. The number of ether oxygens (including phenoxy) is 2. The van der Waals surface area contributed by atoms with Gasteiger partial charge in [-0.1, -0.05) is 17.7 Å². The maximum atomic E-state index is 12.6. The zero-order valence-electron chi connectivity index (χ0n) is 16.2. The number of sulfone groups is 1. The Labute approximate surface area is 160 Å². The van der Waals surface area contributed by atoms with Gasteiger partial charge in [0.25, 0.3) is 5.91 Å². The minimum atomic E-state index is -3.10. The third-order valence-electron chi connectivity index (χ3n) is 4.60. The Morgan fingerprint density at radius 3 is 2.56 bits per heavy atom. The van der Waals surface area contributed by atoms with Crippen LogP contribution in [0.3, 0.4) is 0 Å². The molecule has 1 fully saturated rings. The zero-order valence-corrected chi connectivity index (χ0v) is 17.0. The van der Waals surface area contributed by atoms with Crippen LogP contribution in [0.15, 0.2) is 18.2 Å². The molecule has 0 aromatic heterocycles. The van der Waals surface area contributed by atoms with E-state index in [0.717, 1.165) is 11.1 Å². The molecule has 0 saturated carbocycles. The highest BCUT2D eigenvalue weighted by Crippen LogP contribution is 2.20. The molecule has 0 radical (unpaired) electrons. The maximum Gasteiger partial charge on any atom is 0.344 e. The Hall–Kier alpha value is -2.09. The van der Waals surface area contributed by atoms with Crippen molar-refractivity contribution >= 4 is 21.7 Å². The summed E-state index contributed by atoms with van der Waals surface area (Å²) in [6.07, 6.45) is -0.582. The molecular formula is C19H27NO6S. The van der Waals surface area contributed by atoms with Crippen LogP contribution in [-0.4, -0.2) is 62.0 Å². The first-order chi connectivity index (χ1) is 12.6. The third kappa shape index (κ3) is 5.69. The van der Waals surface area contributed by atoms with Gasteiger partial charge in [0.2, 0.25) is 0 Å². The molecule has 8 heteroatoms. The molecule has 0 unspecified atom stereocenters. The van der Waals surface area contributed by atoms with Crippen LogP contribution in [0.5, 0.6) is 5.75 Å². The summed E-state index contributed by atoms with van der Waals surface area (Å²) in [7, 11) is -3.10. The van der Waals surface area contributed by atoms with Crippen molar-refractivity contribution < 1.29 is 27.5 Å². The molecule has 0 bridgehead atoms. The van der Waals surface area contributed by atoms with E-state index in [1.54, 1.807) is 13.0 Å². The van der Waals surface area contributed by atoms with Crippen LogP contribution in [0, 0.1) is 13.8 Å². The van der Waals surface area contributed by atoms with Gasteiger partial charge >= 0.3 is 5.97 Å². The van der Waals surface area contributed by atoms with E-state index in [2.05, 4.69) is 0 Å². The molecule has 1 aromatic rings. The predicted octanol–water partition coefficient (Wildman–Crippen LogP) is 1.65. The van der Waals surface area contributed by atoms with Crippen LogP contribution in [0.1, 0.15) is 31.4 Å². The van der Waals surface area contributed by atoms with Crippen LogP contribution in [-0.2, 0) is 24.2 Å². The highest BCUT2D eigenvalue weighted by Gasteiger charge is 2.36. The highest BCUT2D eigenvalue weighted by molar-refractivity contribution is 7.91. The quantitative estimate of drug-likeness (QED) is 0.650. The van der Waals surface area contributed by atoms with Crippen LogP contribution < -0.4 is 4.74 Å². The van der Waals surface area contributed by atoms with Crippen molar-refractivity contribution in [3.63, 3.8) is 0 Å². The van der Waals surface area contributed by atoms with E-state index in [9.17, 15) is 18.0 Å². The Kier molecular flexibility index (Phi) is 6.86. The number of amides is 1. The second-order valence-electron chi connectivity index (χ2n) is 6.87. The van der Waals surface area contributed by atoms with E-state index in [1.807, 2.05) is 26.0 Å². The van der Waals surface area contributed by atoms with E-state index in [4.69, 9.17) is 9.47 Å². The van der Waals surface area contributed by atoms with Gasteiger partial charge in [0.15, 0.2) is 22.5 Å². The average Bonchev–Trinajstić information content (AvgIpc) is 2.94. The van der Waals surface area contributed by atoms with Crippen molar-refractivity contribution in [1.29, 1.82) is 0 Å². The number of likely N-dealkylation sites (N-methyl/N-ethyl adjacent to an activating group) is 1. The summed E-state index contributed by atoms with van der Waals surface area (Å²) < 4.78 is 34.0. The molecule has 0 N–H and O–H groups in total. The molecule has 1 saturated heterocycles. The van der Waals surface area contributed by atoms with Crippen molar-refractivity contribution in [2.45, 2.75) is 46.3 Å². The Morgan fingerprint density at radius 2 is 2.00 bits per heavy atom. The van der Waals surface area contributed by atoms with E-state index >= 15 is 0 Å². The SMILES string of the molecule is CCN(C(=O)[C@@H](C)OC(=O)COc1ccc(C)cc1C)[C@@H]1CCS(=O)(=O)C1. The van der Waals surface area contributed by atoms with Crippen molar-refractivity contribution in [2.24, 2.45) is 0 Å². The van der Waals surface area contributed by atoms with Gasteiger partial charge in [0.05, 0.1) is 11.5 Å². The van der Waals surface area contributed by atoms with Crippen molar-refractivity contribution in [1.82, 2.24) is 4.90 Å². The third-order valence-corrected chi connectivity index (χ3v) is 6.36. The van der Waals surface area contributed by atoms with Crippen molar-refractivity contribution in [3.05, 3.63) is 29.3 Å². The molecule has 1 amide bonds. The molecule has 1 heterocycles. The predicted molar refractivity (Wildman–Crippen MR) is 101 cm³/mol. The second kappa shape index (κ2) is 8.73. The lowest BCUT2D eigenvalue weighted by molar-refractivity contribution is -0.161. The zero-order chi connectivity index (χ0) is 20.2. The van der Waals surface area contributed by atoms with Crippen LogP contribution >= 0.6 is 0 Å². The molecule has 2 rings (SSSR count). The van der Waals surface area contributed by atoms with E-state index in [1.165, 1.54) is 11.8 Å². The first-order valence-corrected chi connectivity index (χ1v) is 10.9. The standard InChI is InChI=1S/C19H27NO6S/c1-5-20(16-8-9-27(23,24)12-16)19(22)15(4)26-18(21)11-25-17-7-6-13(2)10-14(17)3/h6-7,10,15-16H,5,8-9,11-12H2,1-4H3/t15-,16-/m1/s1. The number of carbonyl (C=O) groups is 2. The number of hydrogen-bond donors (Lipinski definition) is 0. The second-order valence-corrected chi connectivity index (χ2v) is 9.10. The van der Waals surface area contributed by atoms with Gasteiger partial charge in [0.1, 0.15) is 5.75 Å². The molecule has 27 heavy (non-hydrogen) atoms. The number of hydrogen-bond acceptors (Lipinski definition) is 6. The van der Waals surface area contributed by atoms with E-state index in [-0.39, 0.29) is 30.1 Å². The van der Waals surface area contributed by atoms with Gasteiger partial charge in [0, 0.05) is 12.6 Å².